The summed E-state index contributed by atoms with van der Waals surface area (Å²) < 4.78 is 10.7. The Morgan fingerprint density at radius 2 is 1.94 bits per heavy atom. The van der Waals surface area contributed by atoms with E-state index in [0.717, 1.165) is 30.1 Å². The van der Waals surface area contributed by atoms with Crippen LogP contribution >= 0.6 is 0 Å². The second kappa shape index (κ2) is 10.3. The highest BCUT2D eigenvalue weighted by Gasteiger charge is 2.25. The number of hydrogen-bond donors (Lipinski definition) is 2. The maximum atomic E-state index is 12.4. The van der Waals surface area contributed by atoms with Crippen LogP contribution in [0.2, 0.25) is 0 Å². The van der Waals surface area contributed by atoms with E-state index in [4.69, 9.17) is 9.15 Å². The summed E-state index contributed by atoms with van der Waals surface area (Å²) in [6.07, 6.45) is 2.85. The Morgan fingerprint density at radius 1 is 1.12 bits per heavy atom. The number of benzene rings is 1. The van der Waals surface area contributed by atoms with Crippen LogP contribution in [-0.2, 0) is 16.1 Å². The van der Waals surface area contributed by atoms with Crippen LogP contribution in [0.25, 0.3) is 0 Å². The second-order valence-electron chi connectivity index (χ2n) is 7.85. The molecule has 2 N–H and O–H groups in total. The van der Waals surface area contributed by atoms with Gasteiger partial charge in [0.1, 0.15) is 6.10 Å². The van der Waals surface area contributed by atoms with Gasteiger partial charge in [0.2, 0.25) is 0 Å². The number of anilines is 1. The second-order valence-corrected chi connectivity index (χ2v) is 7.85. The highest BCUT2D eigenvalue weighted by molar-refractivity contribution is 5.94. The average molecular weight is 440 g/mol. The fraction of sp³-hybridized carbons (Fsp3) is 0.435. The Bertz CT molecular complexity index is 945. The SMILES string of the molecule is CN=C(NCc1cccc(NC(=O)C2CCCO2)c1)N1CCN(C(=O)c2ccco2)CC1. The fourth-order valence-electron chi connectivity index (χ4n) is 3.96. The smallest absolute Gasteiger partial charge is 0.289 e. The first-order valence-corrected chi connectivity index (χ1v) is 10.9. The Kier molecular flexibility index (Phi) is 7.06. The molecule has 2 aliphatic heterocycles. The van der Waals surface area contributed by atoms with Crippen LogP contribution in [0.3, 0.4) is 0 Å². The van der Waals surface area contributed by atoms with E-state index in [1.54, 1.807) is 24.1 Å². The Balaban J connectivity index is 1.27. The number of furan rings is 1. The van der Waals surface area contributed by atoms with Crippen LogP contribution in [0.5, 0.6) is 0 Å². The number of carbonyl (C=O) groups excluding carboxylic acids is 2. The molecule has 0 spiro atoms. The zero-order valence-electron chi connectivity index (χ0n) is 18.3. The number of nitrogens with zero attached hydrogens (tertiary/aromatic N) is 3. The number of nitrogens with one attached hydrogen (secondary N) is 2. The first-order chi connectivity index (χ1) is 15.6. The van der Waals surface area contributed by atoms with Gasteiger partial charge in [0.15, 0.2) is 11.7 Å². The molecule has 170 valence electrons. The zero-order chi connectivity index (χ0) is 22.3. The molecular formula is C23H29N5O4. The Morgan fingerprint density at radius 3 is 2.62 bits per heavy atom. The quantitative estimate of drug-likeness (QED) is 0.546. The normalized spacial score (nSPS) is 19.2. The zero-order valence-corrected chi connectivity index (χ0v) is 18.3. The van der Waals surface area contributed by atoms with Crippen LogP contribution < -0.4 is 10.6 Å². The lowest BCUT2D eigenvalue weighted by molar-refractivity contribution is -0.124. The molecule has 2 saturated heterocycles. The molecule has 2 fully saturated rings. The topological polar surface area (TPSA) is 99.4 Å². The monoisotopic (exact) mass is 439 g/mol. The number of ether oxygens (including phenoxy) is 1. The molecule has 9 nitrogen and oxygen atoms in total. The number of aliphatic imine (C=N–C) groups is 1. The van der Waals surface area contributed by atoms with Crippen LogP contribution in [0, 0.1) is 0 Å². The maximum absolute atomic E-state index is 12.4. The molecule has 0 radical (unpaired) electrons. The molecule has 2 aliphatic rings. The van der Waals surface area contributed by atoms with Gasteiger partial charge in [0.05, 0.1) is 6.26 Å². The van der Waals surface area contributed by atoms with Gasteiger partial charge >= 0.3 is 0 Å². The van der Waals surface area contributed by atoms with Gasteiger partial charge in [0.25, 0.3) is 11.8 Å². The van der Waals surface area contributed by atoms with Gasteiger partial charge in [-0.25, -0.2) is 0 Å². The predicted molar refractivity (Wildman–Crippen MR) is 120 cm³/mol. The van der Waals surface area contributed by atoms with E-state index >= 15 is 0 Å². The molecule has 1 atom stereocenters. The lowest BCUT2D eigenvalue weighted by Crippen LogP contribution is -2.53. The van der Waals surface area contributed by atoms with E-state index < -0.39 is 0 Å². The van der Waals surface area contributed by atoms with E-state index in [1.165, 1.54) is 6.26 Å². The molecule has 9 heteroatoms. The highest BCUT2D eigenvalue weighted by Crippen LogP contribution is 2.16. The summed E-state index contributed by atoms with van der Waals surface area (Å²) in [5, 5.41) is 6.32. The number of guanidine groups is 1. The van der Waals surface area contributed by atoms with Gasteiger partial charge in [-0.3, -0.25) is 14.6 Å². The summed E-state index contributed by atoms with van der Waals surface area (Å²) in [7, 11) is 1.75. The molecular weight excluding hydrogens is 410 g/mol. The van der Waals surface area contributed by atoms with Gasteiger partial charge in [-0.2, -0.15) is 0 Å². The molecule has 0 bridgehead atoms. The van der Waals surface area contributed by atoms with E-state index in [9.17, 15) is 9.59 Å². The third kappa shape index (κ3) is 5.28. The molecule has 0 saturated carbocycles. The largest absolute Gasteiger partial charge is 0.459 e. The van der Waals surface area contributed by atoms with Gasteiger partial charge in [-0.05, 0) is 42.7 Å². The Hall–Kier alpha value is -3.33. The number of carbonyl (C=O) groups is 2. The van der Waals surface area contributed by atoms with E-state index in [-0.39, 0.29) is 17.9 Å². The molecule has 1 unspecified atom stereocenters. The molecule has 3 heterocycles. The average Bonchev–Trinajstić information content (AvgIpc) is 3.54. The van der Waals surface area contributed by atoms with E-state index in [0.29, 0.717) is 45.1 Å². The molecule has 2 aromatic rings. The van der Waals surface area contributed by atoms with Crippen molar-refractivity contribution in [3.05, 3.63) is 54.0 Å². The molecule has 0 aliphatic carbocycles. The van der Waals surface area contributed by atoms with Crippen molar-refractivity contribution in [2.45, 2.75) is 25.5 Å². The van der Waals surface area contributed by atoms with E-state index in [1.807, 2.05) is 24.3 Å². The summed E-state index contributed by atoms with van der Waals surface area (Å²) in [6, 6.07) is 11.2. The lowest BCUT2D eigenvalue weighted by Gasteiger charge is -2.36. The molecule has 1 aromatic heterocycles. The Labute approximate surface area is 187 Å². The third-order valence-corrected chi connectivity index (χ3v) is 5.68. The molecule has 4 rings (SSSR count). The van der Waals surface area contributed by atoms with Crippen molar-refractivity contribution in [2.75, 3.05) is 45.2 Å². The maximum Gasteiger partial charge on any atom is 0.289 e. The highest BCUT2D eigenvalue weighted by atomic mass is 16.5. The number of piperazine rings is 1. The number of hydrogen-bond acceptors (Lipinski definition) is 5. The third-order valence-electron chi connectivity index (χ3n) is 5.68. The first-order valence-electron chi connectivity index (χ1n) is 10.9. The summed E-state index contributed by atoms with van der Waals surface area (Å²) in [5.74, 6) is 0.973. The summed E-state index contributed by atoms with van der Waals surface area (Å²) >= 11 is 0. The van der Waals surface area contributed by atoms with Crippen LogP contribution in [-0.4, -0.2) is 73.5 Å². The van der Waals surface area contributed by atoms with Crippen LogP contribution in [0.1, 0.15) is 29.0 Å². The summed E-state index contributed by atoms with van der Waals surface area (Å²) in [5.41, 5.74) is 1.78. The standard InChI is InChI=1S/C23H29N5O4/c1-24-23(28-11-9-27(10-12-28)22(30)20-8-4-14-32-20)25-16-17-5-2-6-18(15-17)26-21(29)19-7-3-13-31-19/h2,4-6,8,14-15,19H,3,7,9-13,16H2,1H3,(H,24,25)(H,26,29). The van der Waals surface area contributed by atoms with Crippen LogP contribution in [0.4, 0.5) is 5.69 Å². The van der Waals surface area contributed by atoms with Gasteiger partial charge in [-0.1, -0.05) is 12.1 Å². The fourth-order valence-corrected chi connectivity index (χ4v) is 3.96. The van der Waals surface area contributed by atoms with Crippen LogP contribution in [0.15, 0.2) is 52.1 Å². The first kappa shape index (κ1) is 21.9. The summed E-state index contributed by atoms with van der Waals surface area (Å²) in [6.45, 7) is 3.79. The van der Waals surface area contributed by atoms with Gasteiger partial charge < -0.3 is 29.6 Å². The number of rotatable bonds is 5. The molecule has 1 aromatic carbocycles. The number of amides is 2. The van der Waals surface area contributed by atoms with Crippen molar-refractivity contribution in [3.63, 3.8) is 0 Å². The van der Waals surface area contributed by atoms with Gasteiger partial charge in [0, 0.05) is 52.1 Å². The minimum absolute atomic E-state index is 0.0838. The van der Waals surface area contributed by atoms with Gasteiger partial charge in [-0.15, -0.1) is 0 Å². The van der Waals surface area contributed by atoms with E-state index in [2.05, 4.69) is 20.5 Å². The molecule has 32 heavy (non-hydrogen) atoms. The lowest BCUT2D eigenvalue weighted by atomic mass is 10.2. The van der Waals surface area contributed by atoms with Crippen molar-refractivity contribution >= 4 is 23.5 Å². The minimum atomic E-state index is -0.353. The van der Waals surface area contributed by atoms with Crippen molar-refractivity contribution < 1.29 is 18.7 Å². The van der Waals surface area contributed by atoms with Crippen molar-refractivity contribution in [3.8, 4) is 0 Å². The summed E-state index contributed by atoms with van der Waals surface area (Å²) in [4.78, 5) is 33.0. The minimum Gasteiger partial charge on any atom is -0.459 e. The van der Waals surface area contributed by atoms with Crippen molar-refractivity contribution in [2.24, 2.45) is 4.99 Å². The predicted octanol–water partition coefficient (Wildman–Crippen LogP) is 1.93. The van der Waals surface area contributed by atoms with Crippen molar-refractivity contribution in [1.29, 1.82) is 0 Å². The molecule has 2 amide bonds. The van der Waals surface area contributed by atoms with Crippen molar-refractivity contribution in [1.82, 2.24) is 15.1 Å².